The Morgan fingerprint density at radius 1 is 0.935 bits per heavy atom. The summed E-state index contributed by atoms with van der Waals surface area (Å²) < 4.78 is 26.5. The van der Waals surface area contributed by atoms with Gasteiger partial charge in [0.25, 0.3) is 5.91 Å². The maximum Gasteiger partial charge on any atom is 0.257 e. The zero-order valence-electron chi connectivity index (χ0n) is 17.8. The molecule has 0 radical (unpaired) electrons. The highest BCUT2D eigenvalue weighted by atomic mass is 32.2. The summed E-state index contributed by atoms with van der Waals surface area (Å²) in [4.78, 5) is 19.1. The van der Waals surface area contributed by atoms with Crippen molar-refractivity contribution in [2.45, 2.75) is 18.7 Å². The third-order valence-electron chi connectivity index (χ3n) is 4.95. The molecule has 0 bridgehead atoms. The van der Waals surface area contributed by atoms with Crippen molar-refractivity contribution in [3.63, 3.8) is 0 Å². The van der Waals surface area contributed by atoms with E-state index in [-0.39, 0.29) is 10.8 Å². The summed E-state index contributed by atoms with van der Waals surface area (Å²) in [5.74, 6) is 0.398. The van der Waals surface area contributed by atoms with Crippen LogP contribution in [0.25, 0.3) is 0 Å². The van der Waals surface area contributed by atoms with Crippen LogP contribution in [0.2, 0.25) is 0 Å². The Morgan fingerprint density at radius 3 is 2.13 bits per heavy atom. The van der Waals surface area contributed by atoms with Gasteiger partial charge in [0.1, 0.15) is 5.82 Å². The van der Waals surface area contributed by atoms with Gasteiger partial charge >= 0.3 is 0 Å². The number of benzene rings is 2. The van der Waals surface area contributed by atoms with E-state index < -0.39 is 10.0 Å². The average Bonchev–Trinajstić information content (AvgIpc) is 2.80. The van der Waals surface area contributed by atoms with Gasteiger partial charge in [-0.15, -0.1) is 0 Å². The summed E-state index contributed by atoms with van der Waals surface area (Å²) in [6.45, 7) is 4.40. The summed E-state index contributed by atoms with van der Waals surface area (Å²) in [5, 5.41) is 2.77. The number of nitrogens with zero attached hydrogens (tertiary/aromatic N) is 3. The highest BCUT2D eigenvalue weighted by molar-refractivity contribution is 7.89. The molecule has 0 atom stereocenters. The second-order valence-corrected chi connectivity index (χ2v) is 8.81. The average molecular weight is 439 g/mol. The Kier molecular flexibility index (Phi) is 7.04. The van der Waals surface area contributed by atoms with E-state index in [2.05, 4.69) is 10.3 Å². The number of para-hydroxylation sites is 1. The molecule has 2 aromatic carbocycles. The van der Waals surface area contributed by atoms with Crippen molar-refractivity contribution in [2.24, 2.45) is 0 Å². The largest absolute Gasteiger partial charge is 0.329 e. The second-order valence-electron chi connectivity index (χ2n) is 6.87. The third kappa shape index (κ3) is 5.10. The molecule has 3 aromatic rings. The van der Waals surface area contributed by atoms with E-state index >= 15 is 0 Å². The molecule has 0 saturated heterocycles. The number of anilines is 3. The number of pyridine rings is 1. The SMILES string of the molecule is CCN(CC)S(=O)(=O)c1ccc(NC(=O)c2ccc(N(C)c3ccccc3)nc2)cc1. The second kappa shape index (κ2) is 9.72. The van der Waals surface area contributed by atoms with Crippen molar-refractivity contribution in [1.82, 2.24) is 9.29 Å². The lowest BCUT2D eigenvalue weighted by molar-refractivity contribution is 0.102. The Hall–Kier alpha value is -3.23. The number of carbonyl (C=O) groups is 1. The summed E-state index contributed by atoms with van der Waals surface area (Å²) in [6.07, 6.45) is 1.52. The summed E-state index contributed by atoms with van der Waals surface area (Å²) in [6, 6.07) is 19.5. The predicted octanol–water partition coefficient (Wildman–Crippen LogP) is 4.13. The van der Waals surface area contributed by atoms with Gasteiger partial charge in [0, 0.05) is 37.7 Å². The summed E-state index contributed by atoms with van der Waals surface area (Å²) in [5.41, 5.74) is 1.91. The van der Waals surface area contributed by atoms with Gasteiger partial charge in [0.05, 0.1) is 10.5 Å². The summed E-state index contributed by atoms with van der Waals surface area (Å²) in [7, 11) is -1.62. The monoisotopic (exact) mass is 438 g/mol. The van der Waals surface area contributed by atoms with E-state index in [0.29, 0.717) is 30.2 Å². The fourth-order valence-corrected chi connectivity index (χ4v) is 4.59. The van der Waals surface area contributed by atoms with Gasteiger partial charge in [-0.3, -0.25) is 4.79 Å². The zero-order valence-corrected chi connectivity index (χ0v) is 18.6. The molecule has 31 heavy (non-hydrogen) atoms. The maximum atomic E-state index is 12.6. The molecule has 0 aliphatic heterocycles. The van der Waals surface area contributed by atoms with Crippen LogP contribution in [0.5, 0.6) is 0 Å². The van der Waals surface area contributed by atoms with Crippen LogP contribution in [0, 0.1) is 0 Å². The maximum absolute atomic E-state index is 12.6. The molecule has 0 aliphatic rings. The minimum absolute atomic E-state index is 0.198. The zero-order chi connectivity index (χ0) is 22.4. The quantitative estimate of drug-likeness (QED) is 0.572. The molecule has 1 heterocycles. The van der Waals surface area contributed by atoms with Gasteiger partial charge in [0.15, 0.2) is 0 Å². The van der Waals surface area contributed by atoms with Crippen LogP contribution in [0.3, 0.4) is 0 Å². The summed E-state index contributed by atoms with van der Waals surface area (Å²) >= 11 is 0. The van der Waals surface area contributed by atoms with Crippen molar-refractivity contribution in [3.8, 4) is 0 Å². The van der Waals surface area contributed by atoms with Crippen LogP contribution in [-0.4, -0.2) is 43.8 Å². The first kappa shape index (κ1) is 22.5. The highest BCUT2D eigenvalue weighted by Gasteiger charge is 2.21. The van der Waals surface area contributed by atoms with Crippen LogP contribution in [0.1, 0.15) is 24.2 Å². The fourth-order valence-electron chi connectivity index (χ4n) is 3.13. The van der Waals surface area contributed by atoms with Gasteiger partial charge in [-0.25, -0.2) is 13.4 Å². The van der Waals surface area contributed by atoms with Gasteiger partial charge in [-0.05, 0) is 48.5 Å². The van der Waals surface area contributed by atoms with Crippen LogP contribution >= 0.6 is 0 Å². The number of hydrogen-bond donors (Lipinski definition) is 1. The number of hydrogen-bond acceptors (Lipinski definition) is 5. The number of sulfonamides is 1. The molecule has 0 fully saturated rings. The minimum Gasteiger partial charge on any atom is -0.329 e. The van der Waals surface area contributed by atoms with Gasteiger partial charge in [-0.1, -0.05) is 32.0 Å². The molecular weight excluding hydrogens is 412 g/mol. The fraction of sp³-hybridized carbons (Fsp3) is 0.217. The molecule has 1 N–H and O–H groups in total. The van der Waals surface area contributed by atoms with Crippen molar-refractivity contribution >= 4 is 33.1 Å². The topological polar surface area (TPSA) is 82.6 Å². The van der Waals surface area contributed by atoms with Crippen molar-refractivity contribution in [2.75, 3.05) is 30.4 Å². The molecule has 1 amide bonds. The van der Waals surface area contributed by atoms with Crippen molar-refractivity contribution < 1.29 is 13.2 Å². The highest BCUT2D eigenvalue weighted by Crippen LogP contribution is 2.22. The van der Waals surface area contributed by atoms with Crippen molar-refractivity contribution in [3.05, 3.63) is 78.5 Å². The first-order valence-electron chi connectivity index (χ1n) is 10.0. The number of amides is 1. The number of rotatable bonds is 8. The Balaban J connectivity index is 1.69. The molecule has 162 valence electrons. The number of carbonyl (C=O) groups excluding carboxylic acids is 1. The standard InChI is InChI=1S/C23H26N4O3S/c1-4-27(5-2)31(29,30)21-14-12-19(13-15-21)25-23(28)18-11-16-22(24-17-18)26(3)20-9-7-6-8-10-20/h6-17H,4-5H2,1-3H3,(H,25,28). The molecule has 3 rings (SSSR count). The lowest BCUT2D eigenvalue weighted by atomic mass is 10.2. The van der Waals surface area contributed by atoms with E-state index in [9.17, 15) is 13.2 Å². The van der Waals surface area contributed by atoms with Crippen LogP contribution in [0.4, 0.5) is 17.2 Å². The normalized spacial score (nSPS) is 11.4. The Labute approximate surface area is 183 Å². The lowest BCUT2D eigenvalue weighted by Gasteiger charge is -2.18. The molecular formula is C23H26N4O3S. The first-order valence-corrected chi connectivity index (χ1v) is 11.5. The Morgan fingerprint density at radius 2 is 1.58 bits per heavy atom. The predicted molar refractivity (Wildman–Crippen MR) is 123 cm³/mol. The molecule has 8 heteroatoms. The number of aromatic nitrogens is 1. The van der Waals surface area contributed by atoms with Crippen LogP contribution < -0.4 is 10.2 Å². The van der Waals surface area contributed by atoms with E-state index in [1.54, 1.807) is 38.1 Å². The van der Waals surface area contributed by atoms with Gasteiger partial charge in [0.2, 0.25) is 10.0 Å². The van der Waals surface area contributed by atoms with Gasteiger partial charge < -0.3 is 10.2 Å². The number of nitrogens with one attached hydrogen (secondary N) is 1. The molecule has 1 aromatic heterocycles. The van der Waals surface area contributed by atoms with E-state index in [4.69, 9.17) is 0 Å². The van der Waals surface area contributed by atoms with Crippen LogP contribution in [-0.2, 0) is 10.0 Å². The smallest absolute Gasteiger partial charge is 0.257 e. The third-order valence-corrected chi connectivity index (χ3v) is 7.02. The molecule has 0 saturated carbocycles. The lowest BCUT2D eigenvalue weighted by Crippen LogP contribution is -2.30. The molecule has 0 spiro atoms. The van der Waals surface area contributed by atoms with E-state index in [1.807, 2.05) is 42.3 Å². The molecule has 0 unspecified atom stereocenters. The minimum atomic E-state index is -3.53. The van der Waals surface area contributed by atoms with Crippen molar-refractivity contribution in [1.29, 1.82) is 0 Å². The Bertz CT molecular complexity index is 1110. The first-order chi connectivity index (χ1) is 14.9. The van der Waals surface area contributed by atoms with E-state index in [1.165, 1.54) is 22.6 Å². The van der Waals surface area contributed by atoms with E-state index in [0.717, 1.165) is 5.69 Å². The molecule has 7 nitrogen and oxygen atoms in total. The van der Waals surface area contributed by atoms with Gasteiger partial charge in [-0.2, -0.15) is 4.31 Å². The van der Waals surface area contributed by atoms with Crippen LogP contribution in [0.15, 0.2) is 77.8 Å². The molecule has 0 aliphatic carbocycles.